The molecule has 0 aliphatic carbocycles. The molecule has 7 nitrogen and oxygen atoms in total. The van der Waals surface area contributed by atoms with Gasteiger partial charge in [0.05, 0.1) is 31.3 Å². The van der Waals surface area contributed by atoms with E-state index in [4.69, 9.17) is 14.5 Å². The first-order valence-electron chi connectivity index (χ1n) is 10.9. The number of benzene rings is 3. The Bertz CT molecular complexity index is 1340. The van der Waals surface area contributed by atoms with E-state index in [1.165, 1.54) is 11.8 Å². The highest BCUT2D eigenvalue weighted by Crippen LogP contribution is 2.52. The van der Waals surface area contributed by atoms with Crippen LogP contribution in [-0.2, 0) is 4.79 Å². The molecule has 0 aromatic heterocycles. The third-order valence-corrected chi connectivity index (χ3v) is 7.95. The monoisotopic (exact) mass is 505 g/mol. The summed E-state index contributed by atoms with van der Waals surface area (Å²) in [6.07, 6.45) is 0. The van der Waals surface area contributed by atoms with Crippen molar-refractivity contribution < 1.29 is 19.4 Å². The fourth-order valence-corrected chi connectivity index (χ4v) is 6.22. The maximum Gasteiger partial charge on any atom is 0.274 e. The van der Waals surface area contributed by atoms with Crippen molar-refractivity contribution in [2.24, 2.45) is 4.99 Å². The van der Waals surface area contributed by atoms with Gasteiger partial charge < -0.3 is 19.5 Å². The molecule has 2 aliphatic heterocycles. The van der Waals surface area contributed by atoms with Crippen LogP contribution in [-0.4, -0.2) is 36.9 Å². The summed E-state index contributed by atoms with van der Waals surface area (Å²) in [7, 11) is 3.26. The number of rotatable bonds is 5. The Labute approximate surface area is 212 Å². The van der Waals surface area contributed by atoms with E-state index in [1.807, 2.05) is 42.5 Å². The third kappa shape index (κ3) is 4.33. The smallest absolute Gasteiger partial charge is 0.274 e. The SMILES string of the molecule is CCN1C(=C2SC(=Nc3ccc(OC)cc3)N(c3ccc(O)cc3)C2=O)Sc2ccc(OC)cc21. The predicted molar refractivity (Wildman–Crippen MR) is 142 cm³/mol. The molecule has 0 spiro atoms. The zero-order valence-corrected chi connectivity index (χ0v) is 21.0. The average Bonchev–Trinajstić information content (AvgIpc) is 3.41. The lowest BCUT2D eigenvalue weighted by Crippen LogP contribution is -2.29. The number of phenolic OH excluding ortho intramolecular Hbond substituents is 1. The van der Waals surface area contributed by atoms with Gasteiger partial charge in [-0.3, -0.25) is 9.69 Å². The Morgan fingerprint density at radius 3 is 2.26 bits per heavy atom. The normalized spacial score (nSPS) is 18.4. The van der Waals surface area contributed by atoms with Gasteiger partial charge >= 0.3 is 0 Å². The molecule has 0 unspecified atom stereocenters. The first kappa shape index (κ1) is 23.2. The molecule has 35 heavy (non-hydrogen) atoms. The van der Waals surface area contributed by atoms with Crippen molar-refractivity contribution in [2.75, 3.05) is 30.6 Å². The molecule has 9 heteroatoms. The topological polar surface area (TPSA) is 74.6 Å². The van der Waals surface area contributed by atoms with Gasteiger partial charge in [0.15, 0.2) is 5.17 Å². The lowest BCUT2D eigenvalue weighted by Gasteiger charge is -2.19. The number of aliphatic imine (C=N–C) groups is 1. The second-order valence-corrected chi connectivity index (χ2v) is 9.67. The first-order chi connectivity index (χ1) is 17.0. The minimum atomic E-state index is -0.159. The van der Waals surface area contributed by atoms with Crippen LogP contribution in [0.1, 0.15) is 6.92 Å². The van der Waals surface area contributed by atoms with E-state index in [0.29, 0.717) is 28.0 Å². The molecule has 3 aromatic rings. The Hall–Kier alpha value is -3.56. The van der Waals surface area contributed by atoms with Crippen molar-refractivity contribution in [2.45, 2.75) is 11.8 Å². The second-order valence-electron chi connectivity index (χ2n) is 7.67. The summed E-state index contributed by atoms with van der Waals surface area (Å²) in [5.74, 6) is 1.48. The number of anilines is 2. The van der Waals surface area contributed by atoms with Crippen molar-refractivity contribution in [3.05, 3.63) is 76.7 Å². The first-order valence-corrected chi connectivity index (χ1v) is 12.6. The molecule has 1 amide bonds. The molecule has 0 bridgehead atoms. The van der Waals surface area contributed by atoms with Gasteiger partial charge in [-0.1, -0.05) is 11.8 Å². The molecule has 0 atom stereocenters. The van der Waals surface area contributed by atoms with Gasteiger partial charge in [-0.2, -0.15) is 0 Å². The number of ether oxygens (including phenoxy) is 2. The van der Waals surface area contributed by atoms with Gasteiger partial charge in [0.25, 0.3) is 5.91 Å². The van der Waals surface area contributed by atoms with Gasteiger partial charge in [0.1, 0.15) is 27.2 Å². The number of hydrogen-bond acceptors (Lipinski definition) is 8. The van der Waals surface area contributed by atoms with Crippen molar-refractivity contribution in [3.63, 3.8) is 0 Å². The Morgan fingerprint density at radius 1 is 0.914 bits per heavy atom. The Balaban J connectivity index is 1.60. The van der Waals surface area contributed by atoms with Gasteiger partial charge in [-0.05, 0) is 79.3 Å². The number of thioether (sulfide) groups is 2. The zero-order valence-electron chi connectivity index (χ0n) is 19.4. The number of phenols is 1. The van der Waals surface area contributed by atoms with Crippen LogP contribution in [0.4, 0.5) is 17.1 Å². The van der Waals surface area contributed by atoms with E-state index < -0.39 is 0 Å². The van der Waals surface area contributed by atoms with Crippen molar-refractivity contribution in [3.8, 4) is 17.2 Å². The van der Waals surface area contributed by atoms with Gasteiger partial charge in [-0.25, -0.2) is 4.99 Å². The predicted octanol–water partition coefficient (Wildman–Crippen LogP) is 5.98. The van der Waals surface area contributed by atoms with E-state index in [9.17, 15) is 9.90 Å². The van der Waals surface area contributed by atoms with Crippen LogP contribution >= 0.6 is 23.5 Å². The number of aromatic hydroxyl groups is 1. The number of nitrogens with zero attached hydrogens (tertiary/aromatic N) is 3. The molecule has 1 N–H and O–H groups in total. The highest BCUT2D eigenvalue weighted by Gasteiger charge is 2.40. The number of carbonyl (C=O) groups excluding carboxylic acids is 1. The molecule has 178 valence electrons. The van der Waals surface area contributed by atoms with Crippen LogP contribution in [0, 0.1) is 0 Å². The fourth-order valence-electron chi connectivity index (χ4n) is 3.85. The maximum atomic E-state index is 13.8. The van der Waals surface area contributed by atoms with Gasteiger partial charge in [-0.15, -0.1) is 0 Å². The molecule has 1 saturated heterocycles. The van der Waals surface area contributed by atoms with Crippen molar-refractivity contribution >= 4 is 51.7 Å². The summed E-state index contributed by atoms with van der Waals surface area (Å²) in [6, 6.07) is 19.9. The quantitative estimate of drug-likeness (QED) is 0.428. The molecule has 0 radical (unpaired) electrons. The van der Waals surface area contributed by atoms with E-state index in [2.05, 4.69) is 11.8 Å². The number of carbonyl (C=O) groups is 1. The minimum Gasteiger partial charge on any atom is -0.508 e. The highest BCUT2D eigenvalue weighted by molar-refractivity contribution is 8.20. The van der Waals surface area contributed by atoms with Gasteiger partial charge in [0, 0.05) is 17.5 Å². The second kappa shape index (κ2) is 9.59. The third-order valence-electron chi connectivity index (χ3n) is 5.61. The lowest BCUT2D eigenvalue weighted by molar-refractivity contribution is -0.113. The zero-order chi connectivity index (χ0) is 24.5. The minimum absolute atomic E-state index is 0.133. The summed E-state index contributed by atoms with van der Waals surface area (Å²) in [4.78, 5) is 24.0. The van der Waals surface area contributed by atoms with Crippen LogP contribution < -0.4 is 19.3 Å². The molecule has 0 saturated carbocycles. The molecule has 5 rings (SSSR count). The van der Waals surface area contributed by atoms with E-state index in [-0.39, 0.29) is 11.7 Å². The summed E-state index contributed by atoms with van der Waals surface area (Å²) in [5, 5.41) is 11.2. The maximum absolute atomic E-state index is 13.8. The number of hydrogen-bond donors (Lipinski definition) is 1. The molecule has 2 heterocycles. The molecule has 1 fully saturated rings. The number of methoxy groups -OCH3 is 2. The average molecular weight is 506 g/mol. The Kier molecular flexibility index (Phi) is 6.36. The number of amidine groups is 1. The van der Waals surface area contributed by atoms with Crippen LogP contribution in [0.2, 0.25) is 0 Å². The highest BCUT2D eigenvalue weighted by atomic mass is 32.2. The Morgan fingerprint density at radius 2 is 1.60 bits per heavy atom. The van der Waals surface area contributed by atoms with E-state index >= 15 is 0 Å². The number of fused-ring (bicyclic) bond motifs is 1. The molecule has 2 aliphatic rings. The number of amides is 1. The van der Waals surface area contributed by atoms with Crippen LogP contribution in [0.25, 0.3) is 0 Å². The van der Waals surface area contributed by atoms with Gasteiger partial charge in [0.2, 0.25) is 0 Å². The largest absolute Gasteiger partial charge is 0.508 e. The van der Waals surface area contributed by atoms with E-state index in [0.717, 1.165) is 27.1 Å². The van der Waals surface area contributed by atoms with Crippen LogP contribution in [0.5, 0.6) is 17.2 Å². The standard InChI is InChI=1S/C26H23N3O4S2/c1-4-28-21-15-20(33-3)13-14-22(21)34-25(28)23-24(31)29(17-7-9-18(30)10-8-17)26(35-23)27-16-5-11-19(32-2)12-6-16/h5-15,30H,4H2,1-3H3. The van der Waals surface area contributed by atoms with E-state index in [1.54, 1.807) is 55.1 Å². The van der Waals surface area contributed by atoms with Crippen LogP contribution in [0.15, 0.2) is 86.6 Å². The molecular weight excluding hydrogens is 482 g/mol. The summed E-state index contributed by atoms with van der Waals surface area (Å²) in [5.41, 5.74) is 2.36. The lowest BCUT2D eigenvalue weighted by atomic mass is 10.2. The summed E-state index contributed by atoms with van der Waals surface area (Å²) >= 11 is 2.92. The van der Waals surface area contributed by atoms with Crippen molar-refractivity contribution in [1.29, 1.82) is 0 Å². The molecule has 3 aromatic carbocycles. The fraction of sp³-hybridized carbons (Fsp3) is 0.154. The summed E-state index contributed by atoms with van der Waals surface area (Å²) < 4.78 is 10.7. The van der Waals surface area contributed by atoms with Crippen LogP contribution in [0.3, 0.4) is 0 Å². The van der Waals surface area contributed by atoms with Crippen molar-refractivity contribution in [1.82, 2.24) is 0 Å². The summed E-state index contributed by atoms with van der Waals surface area (Å²) in [6.45, 7) is 2.76. The molecular formula is C26H23N3O4S2.